The van der Waals surface area contributed by atoms with E-state index in [4.69, 9.17) is 5.11 Å². The van der Waals surface area contributed by atoms with Gasteiger partial charge in [0.15, 0.2) is 5.69 Å². The molecule has 0 aliphatic heterocycles. The molecule has 1 aromatic rings. The molecular formula is C11H15N3O3S. The molecule has 1 saturated carbocycles. The molecule has 7 heteroatoms. The Morgan fingerprint density at radius 3 is 2.89 bits per heavy atom. The topological polar surface area (TPSA) is 82.5 Å². The molecule has 0 saturated heterocycles. The van der Waals surface area contributed by atoms with Crippen molar-refractivity contribution in [3.8, 4) is 0 Å². The van der Waals surface area contributed by atoms with Crippen molar-refractivity contribution in [2.45, 2.75) is 19.4 Å². The van der Waals surface area contributed by atoms with Gasteiger partial charge >= 0.3 is 12.0 Å². The molecule has 0 bridgehead atoms. The number of nitrogens with zero attached hydrogens (tertiary/aromatic N) is 2. The highest BCUT2D eigenvalue weighted by molar-refractivity contribution is 7.09. The molecular weight excluding hydrogens is 254 g/mol. The van der Waals surface area contributed by atoms with Crippen LogP contribution in [0.4, 0.5) is 4.79 Å². The predicted molar refractivity (Wildman–Crippen MR) is 66.7 cm³/mol. The van der Waals surface area contributed by atoms with Crippen LogP contribution >= 0.6 is 11.3 Å². The van der Waals surface area contributed by atoms with Crippen molar-refractivity contribution in [1.82, 2.24) is 15.2 Å². The Hall–Kier alpha value is -1.63. The molecule has 0 aromatic carbocycles. The van der Waals surface area contributed by atoms with Crippen molar-refractivity contribution in [2.24, 2.45) is 5.92 Å². The molecule has 0 spiro atoms. The first-order valence-corrected chi connectivity index (χ1v) is 6.61. The van der Waals surface area contributed by atoms with Gasteiger partial charge in [0, 0.05) is 19.0 Å². The lowest BCUT2D eigenvalue weighted by Gasteiger charge is -2.16. The van der Waals surface area contributed by atoms with Gasteiger partial charge in [-0.15, -0.1) is 11.3 Å². The predicted octanol–water partition coefficient (Wildman–Crippen LogP) is 1.39. The maximum absolute atomic E-state index is 11.7. The Balaban J connectivity index is 1.78. The van der Waals surface area contributed by atoms with E-state index >= 15 is 0 Å². The molecule has 0 atom stereocenters. The van der Waals surface area contributed by atoms with Gasteiger partial charge in [-0.3, -0.25) is 0 Å². The molecule has 1 heterocycles. The number of amides is 2. The van der Waals surface area contributed by atoms with Crippen molar-refractivity contribution < 1.29 is 14.7 Å². The third kappa shape index (κ3) is 3.43. The van der Waals surface area contributed by atoms with E-state index in [2.05, 4.69) is 10.3 Å². The van der Waals surface area contributed by atoms with E-state index in [1.165, 1.54) is 29.6 Å². The van der Waals surface area contributed by atoms with Crippen LogP contribution in [0.15, 0.2) is 5.38 Å². The van der Waals surface area contributed by atoms with E-state index in [0.717, 1.165) is 6.54 Å². The Morgan fingerprint density at radius 2 is 2.33 bits per heavy atom. The summed E-state index contributed by atoms with van der Waals surface area (Å²) in [4.78, 5) is 27.9. The fourth-order valence-corrected chi connectivity index (χ4v) is 2.25. The highest BCUT2D eigenvalue weighted by Gasteiger charge is 2.24. The molecule has 1 aliphatic carbocycles. The summed E-state index contributed by atoms with van der Waals surface area (Å²) < 4.78 is 0. The Labute approximate surface area is 109 Å². The summed E-state index contributed by atoms with van der Waals surface area (Å²) in [7, 11) is 1.76. The summed E-state index contributed by atoms with van der Waals surface area (Å²) in [5.41, 5.74) is 0.0237. The number of urea groups is 1. The van der Waals surface area contributed by atoms with Crippen LogP contribution < -0.4 is 5.32 Å². The standard InChI is InChI=1S/C11H15N3O3S/c1-14(5-7-2-3-7)11(17)12-4-9-13-8(6-18-9)10(15)16/h6-7H,2-5H2,1H3,(H,12,17)(H,15,16). The summed E-state index contributed by atoms with van der Waals surface area (Å²) in [5.74, 6) is -0.395. The largest absolute Gasteiger partial charge is 0.476 e. The number of carboxylic acids is 1. The van der Waals surface area contributed by atoms with Crippen LogP contribution in [0, 0.1) is 5.92 Å². The zero-order chi connectivity index (χ0) is 13.1. The normalized spacial score (nSPS) is 14.3. The fraction of sp³-hybridized carbons (Fsp3) is 0.545. The Morgan fingerprint density at radius 1 is 1.61 bits per heavy atom. The molecule has 18 heavy (non-hydrogen) atoms. The van der Waals surface area contributed by atoms with Gasteiger partial charge in [-0.05, 0) is 18.8 Å². The second kappa shape index (κ2) is 5.34. The van der Waals surface area contributed by atoms with Gasteiger partial charge in [0.05, 0.1) is 6.54 Å². The van der Waals surface area contributed by atoms with Crippen molar-refractivity contribution in [3.05, 3.63) is 16.1 Å². The molecule has 1 fully saturated rings. The van der Waals surface area contributed by atoms with E-state index in [-0.39, 0.29) is 18.3 Å². The summed E-state index contributed by atoms with van der Waals surface area (Å²) in [6, 6.07) is -0.144. The van der Waals surface area contributed by atoms with Crippen molar-refractivity contribution in [2.75, 3.05) is 13.6 Å². The third-order valence-electron chi connectivity index (χ3n) is 2.74. The van der Waals surface area contributed by atoms with Crippen LogP contribution in [0.25, 0.3) is 0 Å². The summed E-state index contributed by atoms with van der Waals surface area (Å²) in [6.45, 7) is 1.05. The molecule has 1 aliphatic rings. The van der Waals surface area contributed by atoms with Gasteiger partial charge in [0.2, 0.25) is 0 Å². The van der Waals surface area contributed by atoms with E-state index < -0.39 is 5.97 Å². The van der Waals surface area contributed by atoms with Crippen molar-refractivity contribution >= 4 is 23.3 Å². The minimum absolute atomic E-state index is 0.0237. The van der Waals surface area contributed by atoms with Gasteiger partial charge in [-0.2, -0.15) is 0 Å². The van der Waals surface area contributed by atoms with Crippen LogP contribution in [0.3, 0.4) is 0 Å². The zero-order valence-electron chi connectivity index (χ0n) is 10.0. The SMILES string of the molecule is CN(CC1CC1)C(=O)NCc1nc(C(=O)O)cs1. The smallest absolute Gasteiger partial charge is 0.355 e. The molecule has 6 nitrogen and oxygen atoms in total. The van der Waals surface area contributed by atoms with E-state index in [1.54, 1.807) is 11.9 Å². The van der Waals surface area contributed by atoms with Crippen LogP contribution in [0.2, 0.25) is 0 Å². The molecule has 1 aromatic heterocycles. The lowest BCUT2D eigenvalue weighted by atomic mass is 10.4. The number of aromatic nitrogens is 1. The van der Waals surface area contributed by atoms with Gasteiger partial charge in [-0.1, -0.05) is 0 Å². The molecule has 2 rings (SSSR count). The van der Waals surface area contributed by atoms with Crippen LogP contribution in [0.1, 0.15) is 28.3 Å². The fourth-order valence-electron chi connectivity index (χ4n) is 1.55. The number of carbonyl (C=O) groups excluding carboxylic acids is 1. The second-order valence-electron chi connectivity index (χ2n) is 4.41. The zero-order valence-corrected chi connectivity index (χ0v) is 10.9. The van der Waals surface area contributed by atoms with Crippen molar-refractivity contribution in [1.29, 1.82) is 0 Å². The average Bonchev–Trinajstić information content (AvgIpc) is 3.00. The summed E-state index contributed by atoms with van der Waals surface area (Å²) >= 11 is 1.23. The number of hydrogen-bond acceptors (Lipinski definition) is 4. The first-order valence-electron chi connectivity index (χ1n) is 5.73. The number of nitrogens with one attached hydrogen (secondary N) is 1. The van der Waals surface area contributed by atoms with Crippen LogP contribution in [-0.2, 0) is 6.54 Å². The average molecular weight is 269 g/mol. The number of carbonyl (C=O) groups is 2. The number of hydrogen-bond donors (Lipinski definition) is 2. The van der Waals surface area contributed by atoms with E-state index in [0.29, 0.717) is 10.9 Å². The monoisotopic (exact) mass is 269 g/mol. The summed E-state index contributed by atoms with van der Waals surface area (Å²) in [6.07, 6.45) is 2.40. The van der Waals surface area contributed by atoms with Crippen molar-refractivity contribution in [3.63, 3.8) is 0 Å². The molecule has 2 N–H and O–H groups in total. The lowest BCUT2D eigenvalue weighted by Crippen LogP contribution is -2.37. The lowest BCUT2D eigenvalue weighted by molar-refractivity contribution is 0.0691. The highest BCUT2D eigenvalue weighted by atomic mass is 32.1. The number of aromatic carboxylic acids is 1. The van der Waals surface area contributed by atoms with Crippen LogP contribution in [0.5, 0.6) is 0 Å². The first-order chi connectivity index (χ1) is 8.56. The molecule has 0 radical (unpaired) electrons. The van der Waals surface area contributed by atoms with Gasteiger partial charge < -0.3 is 15.3 Å². The second-order valence-corrected chi connectivity index (χ2v) is 5.36. The van der Waals surface area contributed by atoms with Gasteiger partial charge in [0.1, 0.15) is 5.01 Å². The number of thiazole rings is 1. The first kappa shape index (κ1) is 12.8. The van der Waals surface area contributed by atoms with Gasteiger partial charge in [-0.25, -0.2) is 14.6 Å². The number of carboxylic acid groups (broad SMARTS) is 1. The Kier molecular flexibility index (Phi) is 3.81. The van der Waals surface area contributed by atoms with Crippen LogP contribution in [-0.4, -0.2) is 40.6 Å². The van der Waals surface area contributed by atoms with E-state index in [1.807, 2.05) is 0 Å². The highest BCUT2D eigenvalue weighted by Crippen LogP contribution is 2.29. The minimum Gasteiger partial charge on any atom is -0.476 e. The quantitative estimate of drug-likeness (QED) is 0.846. The maximum atomic E-state index is 11.7. The van der Waals surface area contributed by atoms with E-state index in [9.17, 15) is 9.59 Å². The molecule has 98 valence electrons. The third-order valence-corrected chi connectivity index (χ3v) is 3.59. The molecule has 0 unspecified atom stereocenters. The maximum Gasteiger partial charge on any atom is 0.355 e. The summed E-state index contributed by atoms with van der Waals surface area (Å²) in [5, 5.41) is 13.5. The minimum atomic E-state index is -1.05. The number of rotatable bonds is 5. The van der Waals surface area contributed by atoms with Gasteiger partial charge in [0.25, 0.3) is 0 Å². The molecule has 2 amide bonds. The Bertz CT molecular complexity index is 456.